The Hall–Kier alpha value is -3.07. The fourth-order valence-corrected chi connectivity index (χ4v) is 3.14. The predicted molar refractivity (Wildman–Crippen MR) is 102 cm³/mol. The van der Waals surface area contributed by atoms with E-state index in [1.54, 1.807) is 23.1 Å². The first kappa shape index (κ1) is 19.7. The number of para-hydroxylation sites is 1. The standard InChI is InChI=1S/C19H23N3O6/c1-26-15-5-3-4-13-12-14(18(24)28-16(13)15)17(23)20-6-7-21-8-10-22(11-9-21)19(25)27-2/h3-5,12H,6-11H2,1-2H3,(H,20,23). The van der Waals surface area contributed by atoms with Crippen LogP contribution in [0.25, 0.3) is 11.0 Å². The lowest BCUT2D eigenvalue weighted by Crippen LogP contribution is -2.50. The predicted octanol–water partition coefficient (Wildman–Crippen LogP) is 0.915. The molecule has 1 N–H and O–H groups in total. The highest BCUT2D eigenvalue weighted by Crippen LogP contribution is 2.24. The van der Waals surface area contributed by atoms with Gasteiger partial charge in [0.2, 0.25) is 0 Å². The third kappa shape index (κ3) is 4.25. The lowest BCUT2D eigenvalue weighted by atomic mass is 10.1. The number of amides is 2. The fourth-order valence-electron chi connectivity index (χ4n) is 3.14. The first-order valence-electron chi connectivity index (χ1n) is 8.98. The Morgan fingerprint density at radius 3 is 2.61 bits per heavy atom. The van der Waals surface area contributed by atoms with E-state index in [0.717, 1.165) is 0 Å². The van der Waals surface area contributed by atoms with Crippen LogP contribution >= 0.6 is 0 Å². The number of nitrogens with one attached hydrogen (secondary N) is 1. The number of methoxy groups -OCH3 is 2. The maximum atomic E-state index is 12.4. The number of fused-ring (bicyclic) bond motifs is 1. The van der Waals surface area contributed by atoms with Gasteiger partial charge >= 0.3 is 11.7 Å². The van der Waals surface area contributed by atoms with Crippen LogP contribution in [0.15, 0.2) is 33.5 Å². The molecule has 3 rings (SSSR count). The van der Waals surface area contributed by atoms with E-state index in [4.69, 9.17) is 13.9 Å². The van der Waals surface area contributed by atoms with Gasteiger partial charge in [-0.2, -0.15) is 0 Å². The number of piperazine rings is 1. The molecule has 1 aliphatic heterocycles. The van der Waals surface area contributed by atoms with Gasteiger partial charge in [-0.1, -0.05) is 12.1 Å². The van der Waals surface area contributed by atoms with Crippen LogP contribution in [-0.2, 0) is 4.74 Å². The molecule has 1 saturated heterocycles. The van der Waals surface area contributed by atoms with Crippen LogP contribution in [0, 0.1) is 0 Å². The second kappa shape index (κ2) is 8.75. The molecular formula is C19H23N3O6. The minimum absolute atomic E-state index is 0.0451. The van der Waals surface area contributed by atoms with E-state index in [0.29, 0.717) is 56.0 Å². The summed E-state index contributed by atoms with van der Waals surface area (Å²) in [5.41, 5.74) is -0.438. The SMILES string of the molecule is COC(=O)N1CCN(CCNC(=O)c2cc3cccc(OC)c3oc2=O)CC1. The van der Waals surface area contributed by atoms with E-state index < -0.39 is 11.5 Å². The Morgan fingerprint density at radius 1 is 1.18 bits per heavy atom. The van der Waals surface area contributed by atoms with Crippen molar-refractivity contribution in [2.24, 2.45) is 0 Å². The molecule has 2 aromatic rings. The van der Waals surface area contributed by atoms with Gasteiger partial charge in [0.15, 0.2) is 11.3 Å². The second-order valence-corrected chi connectivity index (χ2v) is 6.38. The Labute approximate surface area is 161 Å². The molecule has 150 valence electrons. The molecule has 0 atom stereocenters. The van der Waals surface area contributed by atoms with Crippen LogP contribution in [0.1, 0.15) is 10.4 Å². The van der Waals surface area contributed by atoms with Crippen LogP contribution in [0.2, 0.25) is 0 Å². The smallest absolute Gasteiger partial charge is 0.409 e. The third-order valence-electron chi connectivity index (χ3n) is 4.71. The summed E-state index contributed by atoms with van der Waals surface area (Å²) in [6.45, 7) is 3.55. The van der Waals surface area contributed by atoms with Crippen LogP contribution in [0.4, 0.5) is 4.79 Å². The van der Waals surface area contributed by atoms with Gasteiger partial charge in [-0.25, -0.2) is 9.59 Å². The number of carbonyl (C=O) groups excluding carboxylic acids is 2. The first-order chi connectivity index (χ1) is 13.5. The highest BCUT2D eigenvalue weighted by Gasteiger charge is 2.21. The van der Waals surface area contributed by atoms with Gasteiger partial charge in [0.05, 0.1) is 14.2 Å². The summed E-state index contributed by atoms with van der Waals surface area (Å²) >= 11 is 0. The lowest BCUT2D eigenvalue weighted by molar-refractivity contribution is 0.0883. The average molecular weight is 389 g/mol. The molecule has 1 aromatic heterocycles. The highest BCUT2D eigenvalue weighted by atomic mass is 16.5. The molecule has 0 radical (unpaired) electrons. The van der Waals surface area contributed by atoms with Crippen LogP contribution in [0.5, 0.6) is 5.75 Å². The lowest BCUT2D eigenvalue weighted by Gasteiger charge is -2.33. The summed E-state index contributed by atoms with van der Waals surface area (Å²) in [6, 6.07) is 6.70. The van der Waals surface area contributed by atoms with Crippen molar-refractivity contribution in [3.8, 4) is 5.75 Å². The molecule has 0 spiro atoms. The molecule has 0 unspecified atom stereocenters. The van der Waals surface area contributed by atoms with Gasteiger partial charge in [0, 0.05) is 44.7 Å². The monoisotopic (exact) mass is 389 g/mol. The summed E-state index contributed by atoms with van der Waals surface area (Å²) < 4.78 is 15.2. The number of carbonyl (C=O) groups is 2. The first-order valence-corrected chi connectivity index (χ1v) is 8.98. The number of nitrogens with zero attached hydrogens (tertiary/aromatic N) is 2. The van der Waals surface area contributed by atoms with E-state index >= 15 is 0 Å². The maximum absolute atomic E-state index is 12.4. The molecule has 1 fully saturated rings. The summed E-state index contributed by atoms with van der Waals surface area (Å²) in [4.78, 5) is 39.8. The topological polar surface area (TPSA) is 101 Å². The molecule has 1 aromatic carbocycles. The number of hydrogen-bond donors (Lipinski definition) is 1. The van der Waals surface area contributed by atoms with Crippen molar-refractivity contribution < 1.29 is 23.5 Å². The molecular weight excluding hydrogens is 366 g/mol. The summed E-state index contributed by atoms with van der Waals surface area (Å²) in [5.74, 6) is -0.0423. The quantitative estimate of drug-likeness (QED) is 0.759. The maximum Gasteiger partial charge on any atom is 0.409 e. The van der Waals surface area contributed by atoms with Crippen molar-refractivity contribution in [2.45, 2.75) is 0 Å². The van der Waals surface area contributed by atoms with E-state index in [1.165, 1.54) is 20.3 Å². The van der Waals surface area contributed by atoms with Crippen molar-refractivity contribution in [1.29, 1.82) is 0 Å². The van der Waals surface area contributed by atoms with Gasteiger partial charge in [-0.3, -0.25) is 9.69 Å². The summed E-state index contributed by atoms with van der Waals surface area (Å²) in [5, 5.41) is 3.36. The van der Waals surface area contributed by atoms with Crippen molar-refractivity contribution in [2.75, 3.05) is 53.5 Å². The normalized spacial score (nSPS) is 14.7. The Kier molecular flexibility index (Phi) is 6.15. The van der Waals surface area contributed by atoms with E-state index in [1.807, 2.05) is 0 Å². The summed E-state index contributed by atoms with van der Waals surface area (Å²) in [7, 11) is 2.85. The van der Waals surface area contributed by atoms with Gasteiger partial charge in [0.25, 0.3) is 5.91 Å². The molecule has 1 aliphatic rings. The zero-order valence-corrected chi connectivity index (χ0v) is 15.9. The molecule has 0 aliphatic carbocycles. The van der Waals surface area contributed by atoms with Crippen LogP contribution in [-0.4, -0.2) is 75.3 Å². The minimum atomic E-state index is -0.707. The Balaban J connectivity index is 1.56. The third-order valence-corrected chi connectivity index (χ3v) is 4.71. The van der Waals surface area contributed by atoms with Gasteiger partial charge in [-0.15, -0.1) is 0 Å². The molecule has 9 heteroatoms. The van der Waals surface area contributed by atoms with Crippen molar-refractivity contribution in [1.82, 2.24) is 15.1 Å². The van der Waals surface area contributed by atoms with Crippen molar-refractivity contribution in [3.63, 3.8) is 0 Å². The van der Waals surface area contributed by atoms with E-state index in [-0.39, 0.29) is 11.7 Å². The molecule has 0 bridgehead atoms. The van der Waals surface area contributed by atoms with Gasteiger partial charge < -0.3 is 24.1 Å². The molecule has 2 amide bonds. The van der Waals surface area contributed by atoms with E-state index in [2.05, 4.69) is 10.2 Å². The minimum Gasteiger partial charge on any atom is -0.493 e. The van der Waals surface area contributed by atoms with Crippen molar-refractivity contribution in [3.05, 3.63) is 40.2 Å². The molecule has 2 heterocycles. The number of rotatable bonds is 5. The number of ether oxygens (including phenoxy) is 2. The largest absolute Gasteiger partial charge is 0.493 e. The van der Waals surface area contributed by atoms with E-state index in [9.17, 15) is 14.4 Å². The fraction of sp³-hybridized carbons (Fsp3) is 0.421. The zero-order chi connectivity index (χ0) is 20.1. The van der Waals surface area contributed by atoms with Crippen LogP contribution < -0.4 is 15.7 Å². The molecule has 0 saturated carbocycles. The second-order valence-electron chi connectivity index (χ2n) is 6.38. The van der Waals surface area contributed by atoms with Crippen molar-refractivity contribution >= 4 is 23.0 Å². The number of hydrogen-bond acceptors (Lipinski definition) is 7. The Morgan fingerprint density at radius 2 is 1.93 bits per heavy atom. The zero-order valence-electron chi connectivity index (χ0n) is 15.9. The van der Waals surface area contributed by atoms with Gasteiger partial charge in [0.1, 0.15) is 5.56 Å². The highest BCUT2D eigenvalue weighted by molar-refractivity contribution is 5.97. The number of benzene rings is 1. The molecule has 9 nitrogen and oxygen atoms in total. The average Bonchev–Trinajstić information content (AvgIpc) is 2.72. The summed E-state index contributed by atoms with van der Waals surface area (Å²) in [6.07, 6.45) is -0.326. The van der Waals surface area contributed by atoms with Gasteiger partial charge in [-0.05, 0) is 12.1 Å². The molecule has 28 heavy (non-hydrogen) atoms. The Bertz CT molecular complexity index is 918. The van der Waals surface area contributed by atoms with Crippen LogP contribution in [0.3, 0.4) is 0 Å².